The molecule has 3 heterocycles. The first-order valence-corrected chi connectivity index (χ1v) is 7.53. The van der Waals surface area contributed by atoms with E-state index < -0.39 is 5.60 Å². The van der Waals surface area contributed by atoms with E-state index in [1.54, 1.807) is 13.8 Å². The summed E-state index contributed by atoms with van der Waals surface area (Å²) in [5.74, 6) is 0.719. The van der Waals surface area contributed by atoms with Crippen LogP contribution in [0.15, 0.2) is 29.5 Å². The molecular weight excluding hydrogens is 292 g/mol. The van der Waals surface area contributed by atoms with Crippen molar-refractivity contribution in [3.8, 4) is 17.0 Å². The number of hydrogen-bond acceptors (Lipinski definition) is 5. The van der Waals surface area contributed by atoms with Crippen LogP contribution >= 0.6 is 0 Å². The molecule has 0 aliphatic carbocycles. The molecule has 1 amide bonds. The first-order valence-electron chi connectivity index (χ1n) is 7.53. The smallest absolute Gasteiger partial charge is 0.269 e. The summed E-state index contributed by atoms with van der Waals surface area (Å²) >= 11 is 0. The van der Waals surface area contributed by atoms with Crippen LogP contribution in [-0.2, 0) is 11.2 Å². The zero-order valence-electron chi connectivity index (χ0n) is 13.0. The molecule has 4 rings (SSSR count). The van der Waals surface area contributed by atoms with Gasteiger partial charge >= 0.3 is 0 Å². The molecule has 0 radical (unpaired) electrons. The number of benzene rings is 1. The third-order valence-electron chi connectivity index (χ3n) is 4.10. The summed E-state index contributed by atoms with van der Waals surface area (Å²) in [6.45, 7) is 4.26. The highest BCUT2D eigenvalue weighted by Crippen LogP contribution is 2.39. The highest BCUT2D eigenvalue weighted by molar-refractivity contribution is 6.00. The fraction of sp³-hybridized carbons (Fsp3) is 0.294. The highest BCUT2D eigenvalue weighted by atomic mass is 16.5. The van der Waals surface area contributed by atoms with Crippen molar-refractivity contribution < 1.29 is 9.53 Å². The van der Waals surface area contributed by atoms with Gasteiger partial charge in [0, 0.05) is 18.3 Å². The van der Waals surface area contributed by atoms with E-state index in [1.807, 2.05) is 18.3 Å². The standard InChI is InChI=1S/C17H16N4O2/c1-17(2)16(22)21-15-14(23-17)13(19-9-20-15)11-3-4-12-8-18-6-5-10(12)7-11/h3-4,7-9H,5-6H2,1-2H3,(H,19,20,21,22). The van der Waals surface area contributed by atoms with Crippen molar-refractivity contribution in [2.24, 2.45) is 4.99 Å². The lowest BCUT2D eigenvalue weighted by Gasteiger charge is -2.31. The number of nitrogens with zero attached hydrogens (tertiary/aromatic N) is 3. The molecule has 2 aromatic rings. The third-order valence-corrected chi connectivity index (χ3v) is 4.10. The maximum Gasteiger partial charge on any atom is 0.269 e. The van der Waals surface area contributed by atoms with Gasteiger partial charge in [0.2, 0.25) is 0 Å². The Morgan fingerprint density at radius 2 is 2.13 bits per heavy atom. The van der Waals surface area contributed by atoms with E-state index in [4.69, 9.17) is 4.74 Å². The van der Waals surface area contributed by atoms with Crippen molar-refractivity contribution >= 4 is 17.9 Å². The van der Waals surface area contributed by atoms with Gasteiger partial charge in [-0.2, -0.15) is 0 Å². The summed E-state index contributed by atoms with van der Waals surface area (Å²) < 4.78 is 5.90. The molecule has 0 fully saturated rings. The Morgan fingerprint density at radius 3 is 3.00 bits per heavy atom. The lowest BCUT2D eigenvalue weighted by molar-refractivity contribution is -0.129. The molecule has 0 unspecified atom stereocenters. The van der Waals surface area contributed by atoms with E-state index in [9.17, 15) is 4.79 Å². The fourth-order valence-electron chi connectivity index (χ4n) is 2.77. The van der Waals surface area contributed by atoms with Gasteiger partial charge in [-0.05, 0) is 37.5 Å². The van der Waals surface area contributed by atoms with Gasteiger partial charge in [-0.25, -0.2) is 9.97 Å². The van der Waals surface area contributed by atoms with E-state index in [0.29, 0.717) is 17.3 Å². The Bertz CT molecular complexity index is 842. The molecule has 0 saturated heterocycles. The van der Waals surface area contributed by atoms with Gasteiger partial charge in [0.15, 0.2) is 17.2 Å². The van der Waals surface area contributed by atoms with Gasteiger partial charge in [-0.3, -0.25) is 9.79 Å². The lowest BCUT2D eigenvalue weighted by Crippen LogP contribution is -2.46. The van der Waals surface area contributed by atoms with Crippen LogP contribution in [0.25, 0.3) is 11.3 Å². The molecule has 6 heteroatoms. The molecule has 0 saturated carbocycles. The van der Waals surface area contributed by atoms with E-state index >= 15 is 0 Å². The monoisotopic (exact) mass is 308 g/mol. The van der Waals surface area contributed by atoms with Crippen molar-refractivity contribution in [3.63, 3.8) is 0 Å². The quantitative estimate of drug-likeness (QED) is 0.876. The summed E-state index contributed by atoms with van der Waals surface area (Å²) in [7, 11) is 0. The minimum absolute atomic E-state index is 0.212. The third kappa shape index (κ3) is 2.27. The van der Waals surface area contributed by atoms with Crippen LogP contribution < -0.4 is 10.1 Å². The second kappa shape index (κ2) is 4.87. The topological polar surface area (TPSA) is 76.5 Å². The maximum absolute atomic E-state index is 12.0. The van der Waals surface area contributed by atoms with Gasteiger partial charge in [0.25, 0.3) is 5.91 Å². The van der Waals surface area contributed by atoms with Crippen LogP contribution in [0.1, 0.15) is 25.0 Å². The number of carbonyl (C=O) groups excluding carboxylic acids is 1. The fourth-order valence-corrected chi connectivity index (χ4v) is 2.77. The van der Waals surface area contributed by atoms with Gasteiger partial charge in [0.05, 0.1) is 0 Å². The second-order valence-electron chi connectivity index (χ2n) is 6.17. The minimum Gasteiger partial charge on any atom is -0.472 e. The molecule has 0 bridgehead atoms. The normalized spacial score (nSPS) is 17.7. The van der Waals surface area contributed by atoms with Crippen LogP contribution in [0.2, 0.25) is 0 Å². The zero-order chi connectivity index (χ0) is 16.0. The molecule has 23 heavy (non-hydrogen) atoms. The summed E-state index contributed by atoms with van der Waals surface area (Å²) in [5.41, 5.74) is 3.06. The number of ether oxygens (including phenoxy) is 1. The van der Waals surface area contributed by atoms with Gasteiger partial charge in [0.1, 0.15) is 12.0 Å². The number of amides is 1. The summed E-state index contributed by atoms with van der Waals surface area (Å²) in [6.07, 6.45) is 4.25. The van der Waals surface area contributed by atoms with Crippen LogP contribution in [0.5, 0.6) is 5.75 Å². The minimum atomic E-state index is -0.951. The second-order valence-corrected chi connectivity index (χ2v) is 6.17. The van der Waals surface area contributed by atoms with E-state index in [0.717, 1.165) is 24.1 Å². The Hall–Kier alpha value is -2.76. The molecule has 0 spiro atoms. The Kier molecular flexibility index (Phi) is 2.94. The predicted octanol–water partition coefficient (Wildman–Crippen LogP) is 2.23. The van der Waals surface area contributed by atoms with Gasteiger partial charge in [-0.15, -0.1) is 0 Å². The molecule has 1 aromatic heterocycles. The summed E-state index contributed by atoms with van der Waals surface area (Å²) in [4.78, 5) is 24.8. The maximum atomic E-state index is 12.0. The predicted molar refractivity (Wildman–Crippen MR) is 87.0 cm³/mol. The molecule has 2 aliphatic rings. The molecule has 2 aliphatic heterocycles. The summed E-state index contributed by atoms with van der Waals surface area (Å²) in [6, 6.07) is 6.13. The molecule has 1 N–H and O–H groups in total. The van der Waals surface area contributed by atoms with Crippen molar-refractivity contribution in [1.29, 1.82) is 0 Å². The molecule has 116 valence electrons. The van der Waals surface area contributed by atoms with E-state index in [-0.39, 0.29) is 5.91 Å². The largest absolute Gasteiger partial charge is 0.472 e. The van der Waals surface area contributed by atoms with Gasteiger partial charge < -0.3 is 10.1 Å². The number of aromatic nitrogens is 2. The lowest BCUT2D eigenvalue weighted by atomic mass is 9.98. The van der Waals surface area contributed by atoms with Gasteiger partial charge in [-0.1, -0.05) is 12.1 Å². The highest BCUT2D eigenvalue weighted by Gasteiger charge is 2.37. The van der Waals surface area contributed by atoms with Crippen molar-refractivity contribution in [2.75, 3.05) is 11.9 Å². The number of rotatable bonds is 1. The van der Waals surface area contributed by atoms with Crippen molar-refractivity contribution in [2.45, 2.75) is 25.9 Å². The number of hydrogen-bond donors (Lipinski definition) is 1. The number of aliphatic imine (C=N–C) groups is 1. The van der Waals surface area contributed by atoms with E-state index in [2.05, 4.69) is 26.3 Å². The molecule has 1 aromatic carbocycles. The van der Waals surface area contributed by atoms with Crippen LogP contribution in [-0.4, -0.2) is 34.2 Å². The Labute approximate surface area is 133 Å². The van der Waals surface area contributed by atoms with Crippen LogP contribution in [0.3, 0.4) is 0 Å². The van der Waals surface area contributed by atoms with E-state index in [1.165, 1.54) is 11.9 Å². The first-order chi connectivity index (χ1) is 11.0. The number of nitrogens with one attached hydrogen (secondary N) is 1. The summed E-state index contributed by atoms with van der Waals surface area (Å²) in [5, 5.41) is 2.79. The Morgan fingerprint density at radius 1 is 1.26 bits per heavy atom. The average Bonchev–Trinajstić information content (AvgIpc) is 2.55. The van der Waals surface area contributed by atoms with Crippen LogP contribution in [0, 0.1) is 0 Å². The van der Waals surface area contributed by atoms with Crippen molar-refractivity contribution in [1.82, 2.24) is 9.97 Å². The Balaban J connectivity index is 1.84. The zero-order valence-corrected chi connectivity index (χ0v) is 13.0. The SMILES string of the molecule is CC1(C)Oc2c(ncnc2-c2ccc3c(c2)CCN=C3)NC1=O. The van der Waals surface area contributed by atoms with Crippen LogP contribution in [0.4, 0.5) is 5.82 Å². The number of fused-ring (bicyclic) bond motifs is 2. The number of anilines is 1. The number of carbonyl (C=O) groups is 1. The molecule has 6 nitrogen and oxygen atoms in total. The van der Waals surface area contributed by atoms with Crippen molar-refractivity contribution in [3.05, 3.63) is 35.7 Å². The molecular formula is C17H16N4O2. The average molecular weight is 308 g/mol. The first kappa shape index (κ1) is 13.9. The molecule has 0 atom stereocenters.